The molecule has 12 heteroatoms. The number of hydrogen-bond donors (Lipinski definition) is 2. The van der Waals surface area contributed by atoms with Gasteiger partial charge in [0.25, 0.3) is 5.91 Å². The average Bonchev–Trinajstić information content (AvgIpc) is 3.36. The number of alkyl halides is 3. The van der Waals surface area contributed by atoms with Gasteiger partial charge in [-0.15, -0.1) is 13.2 Å². The first-order valence-corrected chi connectivity index (χ1v) is 12.1. The van der Waals surface area contributed by atoms with Crippen LogP contribution in [0.5, 0.6) is 5.75 Å². The zero-order chi connectivity index (χ0) is 27.4. The van der Waals surface area contributed by atoms with Crippen LogP contribution in [0.25, 0.3) is 0 Å². The Morgan fingerprint density at radius 1 is 1.08 bits per heavy atom. The van der Waals surface area contributed by atoms with Crippen LogP contribution in [0.2, 0.25) is 0 Å². The van der Waals surface area contributed by atoms with Crippen molar-refractivity contribution in [3.63, 3.8) is 0 Å². The molecule has 4 atom stereocenters. The molecule has 1 aliphatic heterocycles. The number of para-hydroxylation sites is 1. The Morgan fingerprint density at radius 2 is 1.84 bits per heavy atom. The van der Waals surface area contributed by atoms with E-state index in [-0.39, 0.29) is 36.2 Å². The topological polar surface area (TPSA) is 106 Å². The summed E-state index contributed by atoms with van der Waals surface area (Å²) in [5.74, 6) is -1.85. The Kier molecular flexibility index (Phi) is 8.10. The number of fused-ring (bicyclic) bond motifs is 2. The van der Waals surface area contributed by atoms with E-state index in [2.05, 4.69) is 20.3 Å². The molecule has 2 aliphatic rings. The maximum Gasteiger partial charge on any atom is 0.573 e. The van der Waals surface area contributed by atoms with Gasteiger partial charge in [0.15, 0.2) is 0 Å². The number of ether oxygens (including phenoxy) is 3. The first kappa shape index (κ1) is 27.2. The fourth-order valence-corrected chi connectivity index (χ4v) is 5.41. The number of carbonyl (C=O) groups is 3. The van der Waals surface area contributed by atoms with Crippen LogP contribution in [0.15, 0.2) is 48.5 Å². The van der Waals surface area contributed by atoms with Crippen LogP contribution >= 0.6 is 0 Å². The summed E-state index contributed by atoms with van der Waals surface area (Å²) in [6, 6.07) is 11.2. The van der Waals surface area contributed by atoms with Gasteiger partial charge in [-0.05, 0) is 55.5 Å². The zero-order valence-electron chi connectivity index (χ0n) is 20.8. The van der Waals surface area contributed by atoms with Gasteiger partial charge < -0.3 is 14.2 Å². The molecule has 204 valence electrons. The fraction of sp³-hybridized carbons (Fsp3) is 0.423. The molecule has 4 unspecified atom stereocenters. The normalized spacial score (nSPS) is 21.1. The highest BCUT2D eigenvalue weighted by Gasteiger charge is 2.47. The molecular weight excluding hydrogens is 507 g/mol. The molecule has 0 saturated heterocycles. The minimum absolute atomic E-state index is 0.0511. The van der Waals surface area contributed by atoms with Gasteiger partial charge in [0.2, 0.25) is 0 Å². The van der Waals surface area contributed by atoms with Crippen LogP contribution in [0, 0.1) is 5.92 Å². The molecule has 0 aromatic heterocycles. The third-order valence-electron chi connectivity index (χ3n) is 6.91. The van der Waals surface area contributed by atoms with Crippen LogP contribution in [-0.4, -0.2) is 50.1 Å². The molecule has 2 aromatic rings. The minimum Gasteiger partial charge on any atom is -0.467 e. The lowest BCUT2D eigenvalue weighted by atomic mass is 9.75. The number of hydrazine groups is 1. The van der Waals surface area contributed by atoms with Gasteiger partial charge in [-0.3, -0.25) is 15.1 Å². The lowest BCUT2D eigenvalue weighted by molar-refractivity contribution is -0.274. The summed E-state index contributed by atoms with van der Waals surface area (Å²) in [4.78, 5) is 39.2. The predicted octanol–water partition coefficient (Wildman–Crippen LogP) is 4.29. The molecule has 9 nitrogen and oxygen atoms in total. The molecular formula is C26H28F3N3O6. The quantitative estimate of drug-likeness (QED) is 0.422. The number of esters is 1. The number of carbonyl (C=O) groups excluding carboxylic acids is 3. The molecule has 2 N–H and O–H groups in total. The van der Waals surface area contributed by atoms with E-state index in [4.69, 9.17) is 4.74 Å². The molecule has 0 bridgehead atoms. The summed E-state index contributed by atoms with van der Waals surface area (Å²) in [5.41, 5.74) is 6.08. The van der Waals surface area contributed by atoms with E-state index < -0.39 is 30.0 Å². The summed E-state index contributed by atoms with van der Waals surface area (Å²) >= 11 is 0. The van der Waals surface area contributed by atoms with E-state index in [0.29, 0.717) is 5.69 Å². The summed E-state index contributed by atoms with van der Waals surface area (Å²) in [7, 11) is 1.29. The van der Waals surface area contributed by atoms with Crippen molar-refractivity contribution in [2.24, 2.45) is 5.92 Å². The summed E-state index contributed by atoms with van der Waals surface area (Å²) < 4.78 is 51.9. The van der Waals surface area contributed by atoms with Gasteiger partial charge in [-0.2, -0.15) is 0 Å². The molecule has 1 saturated carbocycles. The van der Waals surface area contributed by atoms with Crippen LogP contribution in [0.4, 0.5) is 23.7 Å². The second-order valence-corrected chi connectivity index (χ2v) is 9.17. The van der Waals surface area contributed by atoms with Crippen LogP contribution in [0.3, 0.4) is 0 Å². The van der Waals surface area contributed by atoms with E-state index in [1.165, 1.54) is 19.2 Å². The van der Waals surface area contributed by atoms with Crippen molar-refractivity contribution in [3.05, 3.63) is 59.7 Å². The average molecular weight is 536 g/mol. The minimum atomic E-state index is -4.90. The third kappa shape index (κ3) is 6.01. The Morgan fingerprint density at radius 3 is 2.58 bits per heavy atom. The van der Waals surface area contributed by atoms with Gasteiger partial charge in [0, 0.05) is 23.2 Å². The maximum absolute atomic E-state index is 13.4. The number of halogens is 3. The number of methoxy groups -OCH3 is 1. The van der Waals surface area contributed by atoms with Crippen LogP contribution < -0.4 is 20.5 Å². The number of rotatable bonds is 6. The molecule has 1 fully saturated rings. The van der Waals surface area contributed by atoms with Gasteiger partial charge in [-0.1, -0.05) is 30.7 Å². The number of hydrogen-bond acceptors (Lipinski definition) is 6. The highest BCUT2D eigenvalue weighted by molar-refractivity contribution is 5.99. The van der Waals surface area contributed by atoms with E-state index in [9.17, 15) is 27.6 Å². The maximum atomic E-state index is 13.4. The van der Waals surface area contributed by atoms with Crippen molar-refractivity contribution in [3.8, 4) is 5.75 Å². The first-order valence-electron chi connectivity index (χ1n) is 12.1. The molecule has 1 aliphatic carbocycles. The second-order valence-electron chi connectivity index (χ2n) is 9.17. The van der Waals surface area contributed by atoms with E-state index >= 15 is 0 Å². The number of benzene rings is 2. The van der Waals surface area contributed by atoms with Gasteiger partial charge in [0.05, 0.1) is 13.2 Å². The number of amides is 3. The van der Waals surface area contributed by atoms with Crippen molar-refractivity contribution in [1.82, 2.24) is 10.9 Å². The molecule has 3 amide bonds. The fourth-order valence-electron chi connectivity index (χ4n) is 5.41. The smallest absolute Gasteiger partial charge is 0.467 e. The van der Waals surface area contributed by atoms with Crippen LogP contribution in [0.1, 0.15) is 48.0 Å². The highest BCUT2D eigenvalue weighted by Crippen LogP contribution is 2.50. The first-order chi connectivity index (χ1) is 18.1. The van der Waals surface area contributed by atoms with Crippen molar-refractivity contribution >= 4 is 23.6 Å². The highest BCUT2D eigenvalue weighted by atomic mass is 19.4. The molecule has 0 radical (unpaired) electrons. The Balaban J connectivity index is 1.51. The summed E-state index contributed by atoms with van der Waals surface area (Å²) in [5, 5.41) is 0. The zero-order valence-corrected chi connectivity index (χ0v) is 20.8. The lowest BCUT2D eigenvalue weighted by Gasteiger charge is -2.45. The van der Waals surface area contributed by atoms with E-state index in [1.54, 1.807) is 11.0 Å². The number of nitrogens with zero attached hydrogens (tertiary/aromatic N) is 1. The number of urea groups is 1. The van der Waals surface area contributed by atoms with Gasteiger partial charge in [0.1, 0.15) is 12.4 Å². The Hall–Kier alpha value is -3.80. The van der Waals surface area contributed by atoms with Gasteiger partial charge >= 0.3 is 18.4 Å². The van der Waals surface area contributed by atoms with Crippen LogP contribution in [-0.2, 0) is 14.3 Å². The third-order valence-corrected chi connectivity index (χ3v) is 6.91. The van der Waals surface area contributed by atoms with Crippen molar-refractivity contribution in [1.29, 1.82) is 0 Å². The molecule has 2 aromatic carbocycles. The van der Waals surface area contributed by atoms with Gasteiger partial charge in [-0.25, -0.2) is 15.0 Å². The predicted molar refractivity (Wildman–Crippen MR) is 129 cm³/mol. The standard InChI is InChI=1S/C26H28F3N3O6/c1-15(37-14-22(33)36-2)23-18-9-3-4-11-20(18)32(21-12-6-10-19(21)23)25(35)31-30-24(34)16-7-5-8-17(13-16)38-26(27,28)29/h3-5,7-9,11,13,15,19,21,23H,6,10,12,14H2,1-2H3,(H,30,34)(H,31,35). The van der Waals surface area contributed by atoms with Crippen molar-refractivity contribution in [2.75, 3.05) is 18.6 Å². The Bertz CT molecular complexity index is 1190. The number of anilines is 1. The number of nitrogens with one attached hydrogen (secondary N) is 2. The Labute approximate surface area is 217 Å². The lowest BCUT2D eigenvalue weighted by Crippen LogP contribution is -2.56. The SMILES string of the molecule is COC(=O)COC(C)C1c2ccccc2N(C(=O)NNC(=O)c2cccc(OC(F)(F)F)c2)C2CCCC12. The van der Waals surface area contributed by atoms with Crippen molar-refractivity contribution < 1.29 is 41.8 Å². The monoisotopic (exact) mass is 535 g/mol. The largest absolute Gasteiger partial charge is 0.573 e. The summed E-state index contributed by atoms with van der Waals surface area (Å²) in [6.07, 6.45) is -2.76. The second kappa shape index (κ2) is 11.3. The van der Waals surface area contributed by atoms with Crippen molar-refractivity contribution in [2.45, 2.75) is 50.6 Å². The molecule has 4 rings (SSSR count). The molecule has 38 heavy (non-hydrogen) atoms. The van der Waals surface area contributed by atoms with E-state index in [0.717, 1.165) is 37.0 Å². The molecule has 0 spiro atoms. The summed E-state index contributed by atoms with van der Waals surface area (Å²) in [6.45, 7) is 1.71. The van der Waals surface area contributed by atoms with E-state index in [1.807, 2.05) is 25.1 Å². The molecule has 1 heterocycles.